The second-order valence-electron chi connectivity index (χ2n) is 9.62. The molecule has 2 aromatic carbocycles. The van der Waals surface area contributed by atoms with E-state index in [9.17, 15) is 4.79 Å². The summed E-state index contributed by atoms with van der Waals surface area (Å²) in [5.41, 5.74) is 3.07. The summed E-state index contributed by atoms with van der Waals surface area (Å²) in [7, 11) is 1.89. The normalized spacial score (nSPS) is 18.6. The van der Waals surface area contributed by atoms with Crippen LogP contribution in [0.1, 0.15) is 36.1 Å². The zero-order valence-corrected chi connectivity index (χ0v) is 20.9. The molecule has 6 heteroatoms. The van der Waals surface area contributed by atoms with E-state index >= 15 is 0 Å². The summed E-state index contributed by atoms with van der Waals surface area (Å²) < 4.78 is 6.30. The first-order valence-electron chi connectivity index (χ1n) is 11.9. The van der Waals surface area contributed by atoms with Gasteiger partial charge in [-0.1, -0.05) is 41.9 Å². The highest BCUT2D eigenvalue weighted by atomic mass is 35.5. The van der Waals surface area contributed by atoms with Crippen LogP contribution in [-0.2, 0) is 17.9 Å². The van der Waals surface area contributed by atoms with Crippen LogP contribution in [0.5, 0.6) is 5.75 Å². The van der Waals surface area contributed by atoms with Gasteiger partial charge in [0.05, 0.1) is 6.61 Å². The van der Waals surface area contributed by atoms with Gasteiger partial charge in [-0.05, 0) is 67.8 Å². The molecule has 0 aliphatic carbocycles. The number of amides is 1. The van der Waals surface area contributed by atoms with E-state index in [1.54, 1.807) is 0 Å². The highest BCUT2D eigenvalue weighted by Gasteiger charge is 2.39. The van der Waals surface area contributed by atoms with Gasteiger partial charge in [0, 0.05) is 55.4 Å². The number of H-pyrrole nitrogens is 1. The van der Waals surface area contributed by atoms with Crippen LogP contribution in [0, 0.1) is 12.3 Å². The number of ether oxygens (including phenoxy) is 1. The summed E-state index contributed by atoms with van der Waals surface area (Å²) in [5.74, 6) is 0.953. The van der Waals surface area contributed by atoms with E-state index in [0.717, 1.165) is 54.4 Å². The Morgan fingerprint density at radius 2 is 2.00 bits per heavy atom. The van der Waals surface area contributed by atoms with Gasteiger partial charge < -0.3 is 14.6 Å². The zero-order chi connectivity index (χ0) is 24.0. The number of hydrogen-bond acceptors (Lipinski definition) is 3. The van der Waals surface area contributed by atoms with E-state index in [1.165, 1.54) is 5.69 Å². The predicted octanol–water partition coefficient (Wildman–Crippen LogP) is 5.69. The first kappa shape index (κ1) is 24.4. The zero-order valence-electron chi connectivity index (χ0n) is 20.1. The van der Waals surface area contributed by atoms with Crippen molar-refractivity contribution in [2.24, 2.45) is 5.41 Å². The number of likely N-dealkylation sites (tertiary alicyclic amines) is 1. The molecule has 0 spiro atoms. The molecule has 1 fully saturated rings. The van der Waals surface area contributed by atoms with E-state index in [-0.39, 0.29) is 11.3 Å². The van der Waals surface area contributed by atoms with Crippen LogP contribution >= 0.6 is 11.6 Å². The number of carbonyl (C=O) groups is 1. The van der Waals surface area contributed by atoms with E-state index in [2.05, 4.69) is 28.1 Å². The van der Waals surface area contributed by atoms with Crippen molar-refractivity contribution in [1.82, 2.24) is 14.8 Å². The molecule has 1 aromatic heterocycles. The lowest BCUT2D eigenvalue weighted by Gasteiger charge is -2.42. The van der Waals surface area contributed by atoms with Crippen molar-refractivity contribution in [3.05, 3.63) is 88.7 Å². The lowest BCUT2D eigenvalue weighted by Crippen LogP contribution is -2.48. The van der Waals surface area contributed by atoms with Crippen molar-refractivity contribution >= 4 is 17.5 Å². The Morgan fingerprint density at radius 1 is 1.18 bits per heavy atom. The highest BCUT2D eigenvalue weighted by molar-refractivity contribution is 6.31. The summed E-state index contributed by atoms with van der Waals surface area (Å²) in [4.78, 5) is 21.0. The molecule has 1 aliphatic heterocycles. The minimum atomic E-state index is -0.250. The molecular weight excluding hydrogens is 446 g/mol. The van der Waals surface area contributed by atoms with Gasteiger partial charge in [0.15, 0.2) is 0 Å². The largest absolute Gasteiger partial charge is 0.493 e. The number of nitrogens with zero attached hydrogens (tertiary/aromatic N) is 2. The van der Waals surface area contributed by atoms with Crippen molar-refractivity contribution in [3.63, 3.8) is 0 Å². The quantitative estimate of drug-likeness (QED) is 0.429. The SMILES string of the molecule is Cc1cc(OC[C@@]2(CC(=O)N(C)Cc3ccccc3)CCCN(Cc3ccc[nH]3)C2)ccc1Cl. The molecule has 1 aliphatic rings. The van der Waals surface area contributed by atoms with Gasteiger partial charge in [-0.3, -0.25) is 9.69 Å². The summed E-state index contributed by atoms with van der Waals surface area (Å²) in [6.07, 6.45) is 4.43. The van der Waals surface area contributed by atoms with Gasteiger partial charge >= 0.3 is 0 Å². The second-order valence-corrected chi connectivity index (χ2v) is 10.0. The third kappa shape index (κ3) is 6.43. The molecule has 2 heterocycles. The lowest BCUT2D eigenvalue weighted by molar-refractivity contribution is -0.135. The molecule has 0 saturated carbocycles. The van der Waals surface area contributed by atoms with Gasteiger partial charge in [0.2, 0.25) is 5.91 Å². The molecule has 1 amide bonds. The Kier molecular flexibility index (Phi) is 7.96. The average molecular weight is 480 g/mol. The third-order valence-corrected chi connectivity index (χ3v) is 7.11. The smallest absolute Gasteiger partial charge is 0.223 e. The van der Waals surface area contributed by atoms with Crippen molar-refractivity contribution in [2.75, 3.05) is 26.7 Å². The minimum absolute atomic E-state index is 0.154. The first-order chi connectivity index (χ1) is 16.4. The Labute approximate surface area is 207 Å². The maximum Gasteiger partial charge on any atom is 0.223 e. The standard InChI is InChI=1S/C28H34ClN3O2/c1-22-16-25(11-12-26(22)29)34-21-28(13-7-15-32(20-28)19-24-10-6-14-30-24)17-27(33)31(2)18-23-8-4-3-5-9-23/h3-6,8-12,14,16,30H,7,13,15,17-21H2,1-2H3/t28-/m1/s1. The number of nitrogens with one attached hydrogen (secondary N) is 1. The van der Waals surface area contributed by atoms with E-state index < -0.39 is 0 Å². The van der Waals surface area contributed by atoms with E-state index in [4.69, 9.17) is 16.3 Å². The monoisotopic (exact) mass is 479 g/mol. The first-order valence-corrected chi connectivity index (χ1v) is 12.3. The number of hydrogen-bond donors (Lipinski definition) is 1. The second kappa shape index (κ2) is 11.1. The highest BCUT2D eigenvalue weighted by Crippen LogP contribution is 2.36. The summed E-state index contributed by atoms with van der Waals surface area (Å²) in [6.45, 7) is 5.78. The molecule has 5 nitrogen and oxygen atoms in total. The topological polar surface area (TPSA) is 48.6 Å². The lowest BCUT2D eigenvalue weighted by atomic mass is 9.77. The number of aromatic nitrogens is 1. The number of aryl methyl sites for hydroxylation is 1. The van der Waals surface area contributed by atoms with Crippen LogP contribution in [0.25, 0.3) is 0 Å². The molecule has 3 aromatic rings. The van der Waals surface area contributed by atoms with Crippen molar-refractivity contribution in [2.45, 2.75) is 39.3 Å². The molecule has 0 bridgehead atoms. The van der Waals surface area contributed by atoms with Gasteiger partial charge in [0.1, 0.15) is 5.75 Å². The molecule has 34 heavy (non-hydrogen) atoms. The van der Waals surface area contributed by atoms with Gasteiger partial charge in [0.25, 0.3) is 0 Å². The van der Waals surface area contributed by atoms with Crippen molar-refractivity contribution in [1.29, 1.82) is 0 Å². The van der Waals surface area contributed by atoms with Crippen LogP contribution in [0.15, 0.2) is 66.9 Å². The summed E-state index contributed by atoms with van der Waals surface area (Å²) in [6, 6.07) is 20.0. The Bertz CT molecular complexity index is 1070. The molecule has 180 valence electrons. The number of benzene rings is 2. The number of rotatable bonds is 9. The molecular formula is C28H34ClN3O2. The number of aromatic amines is 1. The van der Waals surface area contributed by atoms with Crippen LogP contribution in [0.3, 0.4) is 0 Å². The molecule has 0 unspecified atom stereocenters. The molecule has 1 N–H and O–H groups in total. The van der Waals surface area contributed by atoms with E-state index in [0.29, 0.717) is 19.6 Å². The van der Waals surface area contributed by atoms with Crippen LogP contribution in [-0.4, -0.2) is 47.4 Å². The maximum atomic E-state index is 13.4. The summed E-state index contributed by atoms with van der Waals surface area (Å²) in [5, 5.41) is 0.731. The average Bonchev–Trinajstić information content (AvgIpc) is 3.34. The fourth-order valence-electron chi connectivity index (χ4n) is 4.81. The fraction of sp³-hybridized carbons (Fsp3) is 0.393. The number of piperidine rings is 1. The van der Waals surface area contributed by atoms with E-state index in [1.807, 2.05) is 67.5 Å². The third-order valence-electron chi connectivity index (χ3n) is 6.69. The summed E-state index contributed by atoms with van der Waals surface area (Å²) >= 11 is 6.20. The Balaban J connectivity index is 1.48. The molecule has 1 saturated heterocycles. The van der Waals surface area contributed by atoms with Crippen LogP contribution in [0.2, 0.25) is 5.02 Å². The molecule has 0 radical (unpaired) electrons. The Hall–Kier alpha value is -2.76. The van der Waals surface area contributed by atoms with Crippen LogP contribution < -0.4 is 4.74 Å². The van der Waals surface area contributed by atoms with Crippen LogP contribution in [0.4, 0.5) is 0 Å². The minimum Gasteiger partial charge on any atom is -0.493 e. The maximum absolute atomic E-state index is 13.4. The Morgan fingerprint density at radius 3 is 2.74 bits per heavy atom. The van der Waals surface area contributed by atoms with Gasteiger partial charge in [-0.25, -0.2) is 0 Å². The molecule has 4 rings (SSSR count). The van der Waals surface area contributed by atoms with Crippen molar-refractivity contribution in [3.8, 4) is 5.75 Å². The van der Waals surface area contributed by atoms with Gasteiger partial charge in [-0.2, -0.15) is 0 Å². The number of carbonyl (C=O) groups excluding carboxylic acids is 1. The fourth-order valence-corrected chi connectivity index (χ4v) is 4.93. The van der Waals surface area contributed by atoms with Gasteiger partial charge in [-0.15, -0.1) is 0 Å². The molecule has 1 atom stereocenters. The number of halogens is 1. The predicted molar refractivity (Wildman–Crippen MR) is 137 cm³/mol. The van der Waals surface area contributed by atoms with Crippen molar-refractivity contribution < 1.29 is 9.53 Å².